The number of urea groups is 1. The van der Waals surface area contributed by atoms with Gasteiger partial charge in [-0.25, -0.2) is 4.79 Å². The molecule has 1 fully saturated rings. The molecule has 0 spiro atoms. The summed E-state index contributed by atoms with van der Waals surface area (Å²) < 4.78 is 0. The summed E-state index contributed by atoms with van der Waals surface area (Å²) in [6.07, 6.45) is 3.23. The smallest absolute Gasteiger partial charge is 0.320 e. The van der Waals surface area contributed by atoms with Crippen LogP contribution in [-0.4, -0.2) is 53.1 Å². The van der Waals surface area contributed by atoms with Crippen molar-refractivity contribution in [3.05, 3.63) is 0 Å². The predicted molar refractivity (Wildman–Crippen MR) is 74.1 cm³/mol. The number of hydrogen-bond donors (Lipinski definition) is 1. The maximum absolute atomic E-state index is 12.3. The first-order valence-electron chi connectivity index (χ1n) is 7.17. The highest BCUT2D eigenvalue weighted by molar-refractivity contribution is 5.75. The second-order valence-electron chi connectivity index (χ2n) is 5.66. The van der Waals surface area contributed by atoms with Gasteiger partial charge < -0.3 is 14.9 Å². The van der Waals surface area contributed by atoms with Crippen LogP contribution in [0.3, 0.4) is 0 Å². The van der Waals surface area contributed by atoms with Crippen molar-refractivity contribution in [3.8, 4) is 0 Å². The zero-order valence-corrected chi connectivity index (χ0v) is 12.3. The second kappa shape index (κ2) is 6.78. The van der Waals surface area contributed by atoms with E-state index in [1.54, 1.807) is 4.90 Å². The molecule has 1 N–H and O–H groups in total. The topological polar surface area (TPSA) is 60.9 Å². The molecule has 0 aromatic rings. The van der Waals surface area contributed by atoms with E-state index < -0.39 is 5.97 Å². The molecule has 0 unspecified atom stereocenters. The van der Waals surface area contributed by atoms with Crippen LogP contribution in [0.25, 0.3) is 0 Å². The number of rotatable bonds is 5. The molecule has 0 aromatic heterocycles. The lowest BCUT2D eigenvalue weighted by molar-refractivity contribution is -0.137. The number of hydrogen-bond acceptors (Lipinski definition) is 2. The highest BCUT2D eigenvalue weighted by Gasteiger charge is 2.31. The summed E-state index contributed by atoms with van der Waals surface area (Å²) in [7, 11) is 0. The average molecular weight is 270 g/mol. The van der Waals surface area contributed by atoms with E-state index in [2.05, 4.69) is 13.8 Å². The van der Waals surface area contributed by atoms with Crippen LogP contribution in [0.2, 0.25) is 0 Å². The van der Waals surface area contributed by atoms with Crippen molar-refractivity contribution in [2.45, 2.75) is 46.5 Å². The normalized spacial score (nSPS) is 18.2. The molecule has 1 aliphatic heterocycles. The largest absolute Gasteiger partial charge is 0.481 e. The third kappa shape index (κ3) is 4.40. The monoisotopic (exact) mass is 270 g/mol. The Morgan fingerprint density at radius 1 is 1.26 bits per heavy atom. The van der Waals surface area contributed by atoms with Crippen LogP contribution in [0.5, 0.6) is 0 Å². The van der Waals surface area contributed by atoms with E-state index >= 15 is 0 Å². The van der Waals surface area contributed by atoms with Gasteiger partial charge >= 0.3 is 12.0 Å². The van der Waals surface area contributed by atoms with Crippen LogP contribution in [0, 0.1) is 5.41 Å². The molecule has 1 rings (SSSR count). The third-order valence-corrected chi connectivity index (χ3v) is 4.34. The van der Waals surface area contributed by atoms with E-state index in [0.717, 1.165) is 32.4 Å². The summed E-state index contributed by atoms with van der Waals surface area (Å²) in [4.78, 5) is 26.4. The van der Waals surface area contributed by atoms with E-state index in [1.807, 2.05) is 11.8 Å². The van der Waals surface area contributed by atoms with E-state index in [-0.39, 0.29) is 12.5 Å². The van der Waals surface area contributed by atoms with Crippen molar-refractivity contribution in [1.82, 2.24) is 9.80 Å². The molecule has 0 bridgehead atoms. The van der Waals surface area contributed by atoms with Crippen molar-refractivity contribution in [2.75, 3.05) is 26.2 Å². The highest BCUT2D eigenvalue weighted by atomic mass is 16.4. The minimum atomic E-state index is -0.858. The zero-order chi connectivity index (χ0) is 14.5. The van der Waals surface area contributed by atoms with Crippen molar-refractivity contribution in [3.63, 3.8) is 0 Å². The molecule has 1 saturated heterocycles. The molecule has 5 heteroatoms. The van der Waals surface area contributed by atoms with Crippen molar-refractivity contribution >= 4 is 12.0 Å². The molecule has 0 aliphatic carbocycles. The summed E-state index contributed by atoms with van der Waals surface area (Å²) in [5.74, 6) is -0.858. The summed E-state index contributed by atoms with van der Waals surface area (Å²) in [6, 6.07) is -0.0121. The Morgan fingerprint density at radius 2 is 1.84 bits per heavy atom. The summed E-state index contributed by atoms with van der Waals surface area (Å²) in [5, 5.41) is 8.70. The van der Waals surface area contributed by atoms with E-state index in [9.17, 15) is 9.59 Å². The fourth-order valence-corrected chi connectivity index (χ4v) is 2.41. The van der Waals surface area contributed by atoms with E-state index in [4.69, 9.17) is 5.11 Å². The second-order valence-corrected chi connectivity index (χ2v) is 5.66. The maximum atomic E-state index is 12.3. The van der Waals surface area contributed by atoms with E-state index in [1.165, 1.54) is 0 Å². The quantitative estimate of drug-likeness (QED) is 0.834. The fraction of sp³-hybridized carbons (Fsp3) is 0.857. The molecular weight excluding hydrogens is 244 g/mol. The molecule has 2 amide bonds. The molecule has 5 nitrogen and oxygen atoms in total. The lowest BCUT2D eigenvalue weighted by Gasteiger charge is -2.40. The first kappa shape index (κ1) is 15.8. The third-order valence-electron chi connectivity index (χ3n) is 4.34. The number of aliphatic carboxylic acids is 1. The summed E-state index contributed by atoms with van der Waals surface area (Å²) in [6.45, 7) is 8.79. The number of likely N-dealkylation sites (tertiary alicyclic amines) is 1. The minimum Gasteiger partial charge on any atom is -0.481 e. The van der Waals surface area contributed by atoms with Gasteiger partial charge in [0, 0.05) is 26.2 Å². The minimum absolute atomic E-state index is 0.0121. The number of amides is 2. The van der Waals surface area contributed by atoms with Crippen molar-refractivity contribution < 1.29 is 14.7 Å². The molecule has 0 saturated carbocycles. The Balaban J connectivity index is 2.50. The molecule has 19 heavy (non-hydrogen) atoms. The molecule has 0 radical (unpaired) electrons. The molecule has 110 valence electrons. The number of nitrogens with zero attached hydrogens (tertiary/aromatic N) is 2. The predicted octanol–water partition coefficient (Wildman–Crippen LogP) is 2.42. The molecule has 0 atom stereocenters. The Kier molecular flexibility index (Phi) is 5.63. The Bertz CT molecular complexity index is 323. The SMILES string of the molecule is CCN(CCC(=O)O)C(=O)N1CCC(C)(CC)CC1. The lowest BCUT2D eigenvalue weighted by atomic mass is 9.78. The number of carbonyl (C=O) groups excluding carboxylic acids is 1. The van der Waals surface area contributed by atoms with Crippen LogP contribution >= 0.6 is 0 Å². The van der Waals surface area contributed by atoms with Gasteiger partial charge in [-0.1, -0.05) is 20.3 Å². The van der Waals surface area contributed by atoms with Crippen LogP contribution in [0.4, 0.5) is 4.79 Å². The van der Waals surface area contributed by atoms with Gasteiger partial charge in [-0.2, -0.15) is 0 Å². The standard InChI is InChI=1S/C14H26N2O3/c1-4-14(3)7-10-16(11-8-14)13(19)15(5-2)9-6-12(17)18/h4-11H2,1-3H3,(H,17,18). The van der Waals surface area contributed by atoms with Gasteiger partial charge in [0.15, 0.2) is 0 Å². The van der Waals surface area contributed by atoms with Gasteiger partial charge in [0.1, 0.15) is 0 Å². The molecule has 0 aromatic carbocycles. The van der Waals surface area contributed by atoms with Gasteiger partial charge in [0.05, 0.1) is 6.42 Å². The number of piperidine rings is 1. The summed E-state index contributed by atoms with van der Waals surface area (Å²) >= 11 is 0. The van der Waals surface area contributed by atoms with Crippen molar-refractivity contribution in [1.29, 1.82) is 0 Å². The van der Waals surface area contributed by atoms with Crippen LogP contribution in [0.1, 0.15) is 46.5 Å². The molecule has 1 heterocycles. The number of carbonyl (C=O) groups is 2. The number of carboxylic acids is 1. The van der Waals surface area contributed by atoms with Gasteiger partial charge in [0.2, 0.25) is 0 Å². The van der Waals surface area contributed by atoms with Gasteiger partial charge in [0.25, 0.3) is 0 Å². The Morgan fingerprint density at radius 3 is 2.26 bits per heavy atom. The Labute approximate surface area is 115 Å². The molecular formula is C14H26N2O3. The van der Waals surface area contributed by atoms with Gasteiger partial charge in [-0.3, -0.25) is 4.79 Å². The van der Waals surface area contributed by atoms with Crippen LogP contribution in [0.15, 0.2) is 0 Å². The van der Waals surface area contributed by atoms with Gasteiger partial charge in [-0.05, 0) is 25.2 Å². The lowest BCUT2D eigenvalue weighted by Crippen LogP contribution is -2.48. The maximum Gasteiger partial charge on any atom is 0.320 e. The van der Waals surface area contributed by atoms with Crippen LogP contribution in [-0.2, 0) is 4.79 Å². The average Bonchev–Trinajstić information content (AvgIpc) is 2.39. The van der Waals surface area contributed by atoms with E-state index in [0.29, 0.717) is 18.5 Å². The highest BCUT2D eigenvalue weighted by Crippen LogP contribution is 2.34. The Hall–Kier alpha value is -1.26. The zero-order valence-electron chi connectivity index (χ0n) is 12.3. The van der Waals surface area contributed by atoms with Gasteiger partial charge in [-0.15, -0.1) is 0 Å². The first-order chi connectivity index (χ1) is 8.91. The fourth-order valence-electron chi connectivity index (χ4n) is 2.41. The summed E-state index contributed by atoms with van der Waals surface area (Å²) in [5.41, 5.74) is 0.356. The first-order valence-corrected chi connectivity index (χ1v) is 7.17. The molecule has 1 aliphatic rings. The van der Waals surface area contributed by atoms with Crippen molar-refractivity contribution in [2.24, 2.45) is 5.41 Å². The number of carboxylic acid groups (broad SMARTS) is 1. The van der Waals surface area contributed by atoms with Crippen LogP contribution < -0.4 is 0 Å².